The normalized spacial score (nSPS) is 14.1. The highest BCUT2D eigenvalue weighted by molar-refractivity contribution is 7.91. The minimum atomic E-state index is -3.63. The molecule has 1 aliphatic heterocycles. The monoisotopic (exact) mass is 454 g/mol. The summed E-state index contributed by atoms with van der Waals surface area (Å²) in [5.74, 6) is -1.06. The summed E-state index contributed by atoms with van der Waals surface area (Å²) in [4.78, 5) is 26.9. The Bertz CT molecular complexity index is 1020. The first-order valence-electron chi connectivity index (χ1n) is 9.13. The largest absolute Gasteiger partial charge is 0.339 e. The van der Waals surface area contributed by atoms with Gasteiger partial charge in [0.05, 0.1) is 21.9 Å². The smallest absolute Gasteiger partial charge is 0.255 e. The summed E-state index contributed by atoms with van der Waals surface area (Å²) >= 11 is 11.8. The van der Waals surface area contributed by atoms with Gasteiger partial charge < -0.3 is 10.2 Å². The van der Waals surface area contributed by atoms with E-state index in [0.717, 1.165) is 12.8 Å². The minimum absolute atomic E-state index is 0.0994. The van der Waals surface area contributed by atoms with Crippen LogP contribution in [0.15, 0.2) is 47.4 Å². The van der Waals surface area contributed by atoms with Crippen molar-refractivity contribution in [1.29, 1.82) is 0 Å². The molecule has 1 N–H and O–H groups in total. The van der Waals surface area contributed by atoms with E-state index in [9.17, 15) is 18.0 Å². The number of amides is 2. The third-order valence-corrected chi connectivity index (χ3v) is 6.87. The van der Waals surface area contributed by atoms with Gasteiger partial charge in [0.25, 0.3) is 5.91 Å². The van der Waals surface area contributed by atoms with E-state index in [-0.39, 0.29) is 28.7 Å². The Hall–Kier alpha value is -2.09. The van der Waals surface area contributed by atoms with Crippen LogP contribution in [0.4, 0.5) is 5.69 Å². The van der Waals surface area contributed by atoms with Crippen molar-refractivity contribution in [3.63, 3.8) is 0 Å². The Kier molecular flexibility index (Phi) is 6.82. The third-order valence-electron chi connectivity index (χ3n) is 4.65. The SMILES string of the molecule is O=C(CCS(=O)(=O)c1ccc(Cl)cc1)Nc1cc(Cl)ccc1C(=O)N1CCCC1. The van der Waals surface area contributed by atoms with Gasteiger partial charge in [-0.2, -0.15) is 0 Å². The number of hydrogen-bond donors (Lipinski definition) is 1. The average Bonchev–Trinajstić information content (AvgIpc) is 3.21. The van der Waals surface area contributed by atoms with Crippen LogP contribution in [-0.2, 0) is 14.6 Å². The van der Waals surface area contributed by atoms with Crippen LogP contribution < -0.4 is 5.32 Å². The zero-order valence-corrected chi connectivity index (χ0v) is 17.9. The first kappa shape index (κ1) is 21.6. The lowest BCUT2D eigenvalue weighted by Crippen LogP contribution is -2.29. The lowest BCUT2D eigenvalue weighted by Gasteiger charge is -2.18. The standard InChI is InChI=1S/C20H20Cl2N2O4S/c21-14-3-6-16(7-4-14)29(27,28)12-9-19(25)23-18-13-15(22)5-8-17(18)20(26)24-10-1-2-11-24/h3-8,13H,1-2,9-12H2,(H,23,25). The molecule has 6 nitrogen and oxygen atoms in total. The van der Waals surface area contributed by atoms with E-state index in [4.69, 9.17) is 23.2 Å². The Labute approximate surface area is 179 Å². The van der Waals surface area contributed by atoms with Crippen molar-refractivity contribution in [3.05, 3.63) is 58.1 Å². The van der Waals surface area contributed by atoms with Gasteiger partial charge in [-0.15, -0.1) is 0 Å². The zero-order chi connectivity index (χ0) is 21.0. The van der Waals surface area contributed by atoms with Crippen molar-refractivity contribution < 1.29 is 18.0 Å². The molecule has 0 unspecified atom stereocenters. The van der Waals surface area contributed by atoms with Crippen LogP contribution in [0.25, 0.3) is 0 Å². The number of halogens is 2. The molecule has 0 aliphatic carbocycles. The zero-order valence-electron chi connectivity index (χ0n) is 15.5. The van der Waals surface area contributed by atoms with E-state index >= 15 is 0 Å². The molecule has 29 heavy (non-hydrogen) atoms. The van der Waals surface area contributed by atoms with Crippen LogP contribution in [0.5, 0.6) is 0 Å². The molecule has 0 aromatic heterocycles. The summed E-state index contributed by atoms with van der Waals surface area (Å²) in [6.45, 7) is 1.35. The summed E-state index contributed by atoms with van der Waals surface area (Å²) in [6.07, 6.45) is 1.64. The van der Waals surface area contributed by atoms with E-state index in [1.54, 1.807) is 17.0 Å². The molecular formula is C20H20Cl2N2O4S. The van der Waals surface area contributed by atoms with E-state index in [2.05, 4.69) is 5.32 Å². The second kappa shape index (κ2) is 9.15. The van der Waals surface area contributed by atoms with Crippen molar-refractivity contribution in [2.75, 3.05) is 24.2 Å². The highest BCUT2D eigenvalue weighted by atomic mass is 35.5. The van der Waals surface area contributed by atoms with Crippen molar-refractivity contribution in [2.45, 2.75) is 24.2 Å². The molecule has 2 amide bonds. The van der Waals surface area contributed by atoms with Crippen molar-refractivity contribution in [2.24, 2.45) is 0 Å². The summed E-state index contributed by atoms with van der Waals surface area (Å²) < 4.78 is 24.8. The number of likely N-dealkylation sites (tertiary alicyclic amines) is 1. The predicted octanol–water partition coefficient (Wildman–Crippen LogP) is 4.03. The lowest BCUT2D eigenvalue weighted by atomic mass is 10.1. The minimum Gasteiger partial charge on any atom is -0.339 e. The summed E-state index contributed by atoms with van der Waals surface area (Å²) in [5, 5.41) is 3.43. The number of nitrogens with one attached hydrogen (secondary N) is 1. The maximum atomic E-state index is 12.7. The number of carbonyl (C=O) groups is 2. The first-order valence-corrected chi connectivity index (χ1v) is 11.5. The summed E-state index contributed by atoms with van der Waals surface area (Å²) in [7, 11) is -3.63. The van der Waals surface area contributed by atoms with Gasteiger partial charge >= 0.3 is 0 Å². The quantitative estimate of drug-likeness (QED) is 0.713. The van der Waals surface area contributed by atoms with Gasteiger partial charge in [-0.3, -0.25) is 9.59 Å². The predicted molar refractivity (Wildman–Crippen MR) is 113 cm³/mol. The molecule has 1 aliphatic rings. The second-order valence-electron chi connectivity index (χ2n) is 6.76. The maximum Gasteiger partial charge on any atom is 0.255 e. The van der Waals surface area contributed by atoms with Crippen LogP contribution in [-0.4, -0.2) is 44.0 Å². The number of hydrogen-bond acceptors (Lipinski definition) is 4. The number of carbonyl (C=O) groups excluding carboxylic acids is 2. The first-order chi connectivity index (χ1) is 13.8. The van der Waals surface area contributed by atoms with Gasteiger partial charge in [-0.05, 0) is 55.3 Å². The molecule has 0 bridgehead atoms. The fraction of sp³-hybridized carbons (Fsp3) is 0.300. The van der Waals surface area contributed by atoms with Crippen LogP contribution in [0.1, 0.15) is 29.6 Å². The van der Waals surface area contributed by atoms with E-state index < -0.39 is 15.7 Å². The molecule has 9 heteroatoms. The number of nitrogens with zero attached hydrogens (tertiary/aromatic N) is 1. The highest BCUT2D eigenvalue weighted by Crippen LogP contribution is 2.24. The molecular weight excluding hydrogens is 435 g/mol. The topological polar surface area (TPSA) is 83.5 Å². The maximum absolute atomic E-state index is 12.7. The average molecular weight is 455 g/mol. The van der Waals surface area contributed by atoms with Gasteiger partial charge in [0.1, 0.15) is 0 Å². The fourth-order valence-electron chi connectivity index (χ4n) is 3.10. The van der Waals surface area contributed by atoms with E-state index in [0.29, 0.717) is 28.7 Å². The summed E-state index contributed by atoms with van der Waals surface area (Å²) in [6, 6.07) is 10.4. The van der Waals surface area contributed by atoms with Crippen LogP contribution in [0, 0.1) is 0 Å². The second-order valence-corrected chi connectivity index (χ2v) is 9.74. The molecule has 0 radical (unpaired) electrons. The number of sulfone groups is 1. The molecule has 1 fully saturated rings. The van der Waals surface area contributed by atoms with Crippen LogP contribution in [0.2, 0.25) is 10.0 Å². The van der Waals surface area contributed by atoms with Crippen LogP contribution in [0.3, 0.4) is 0 Å². The van der Waals surface area contributed by atoms with Crippen molar-refractivity contribution in [1.82, 2.24) is 4.90 Å². The van der Waals surface area contributed by atoms with Gasteiger partial charge in [0, 0.05) is 29.6 Å². The van der Waals surface area contributed by atoms with Gasteiger partial charge in [-0.1, -0.05) is 23.2 Å². The number of rotatable bonds is 6. The Morgan fingerprint density at radius 3 is 2.24 bits per heavy atom. The number of anilines is 1. The van der Waals surface area contributed by atoms with Gasteiger partial charge in [0.2, 0.25) is 5.91 Å². The molecule has 154 valence electrons. The highest BCUT2D eigenvalue weighted by Gasteiger charge is 2.23. The van der Waals surface area contributed by atoms with E-state index in [1.165, 1.54) is 30.3 Å². The third kappa shape index (κ3) is 5.50. The Morgan fingerprint density at radius 2 is 1.59 bits per heavy atom. The number of benzene rings is 2. The molecule has 0 saturated carbocycles. The van der Waals surface area contributed by atoms with Crippen LogP contribution >= 0.6 is 23.2 Å². The Balaban J connectivity index is 1.69. The van der Waals surface area contributed by atoms with Crippen molar-refractivity contribution in [3.8, 4) is 0 Å². The molecule has 1 saturated heterocycles. The lowest BCUT2D eigenvalue weighted by molar-refractivity contribution is -0.115. The molecule has 2 aromatic rings. The molecule has 3 rings (SSSR count). The fourth-order valence-corrected chi connectivity index (χ4v) is 4.64. The Morgan fingerprint density at radius 1 is 0.966 bits per heavy atom. The van der Waals surface area contributed by atoms with E-state index in [1.807, 2.05) is 0 Å². The molecule has 0 spiro atoms. The van der Waals surface area contributed by atoms with Gasteiger partial charge in [0.15, 0.2) is 9.84 Å². The molecule has 2 aromatic carbocycles. The van der Waals surface area contributed by atoms with Crippen molar-refractivity contribution >= 4 is 50.5 Å². The van der Waals surface area contributed by atoms with Gasteiger partial charge in [-0.25, -0.2) is 8.42 Å². The molecule has 0 atom stereocenters. The molecule has 1 heterocycles. The summed E-state index contributed by atoms with van der Waals surface area (Å²) in [5.41, 5.74) is 0.619.